The number of amides is 1. The minimum Gasteiger partial charge on any atom is -0.378 e. The molecule has 4 heteroatoms. The van der Waals surface area contributed by atoms with E-state index >= 15 is 0 Å². The van der Waals surface area contributed by atoms with E-state index in [1.807, 2.05) is 24.3 Å². The highest BCUT2D eigenvalue weighted by Crippen LogP contribution is 2.23. The summed E-state index contributed by atoms with van der Waals surface area (Å²) in [6, 6.07) is 16.5. The molecule has 0 saturated carbocycles. The van der Waals surface area contributed by atoms with Crippen molar-refractivity contribution in [2.45, 2.75) is 24.8 Å². The van der Waals surface area contributed by atoms with Crippen LogP contribution in [0.5, 0.6) is 0 Å². The third-order valence-corrected chi connectivity index (χ3v) is 3.93. The van der Waals surface area contributed by atoms with Gasteiger partial charge in [-0.2, -0.15) is 0 Å². The van der Waals surface area contributed by atoms with E-state index in [1.165, 1.54) is 17.4 Å². The standard InChI is InChI=1S/C17H20N2OS/c1-12(14-7-9-17(21-3)10-8-14)18-15-5-4-6-16(11-15)19-13(2)20/h4-12,18H,1-3H3,(H,19,20). The average molecular weight is 300 g/mol. The zero-order valence-electron chi connectivity index (χ0n) is 12.5. The number of hydrogen-bond donors (Lipinski definition) is 2. The molecule has 2 N–H and O–H groups in total. The van der Waals surface area contributed by atoms with Crippen molar-refractivity contribution in [2.24, 2.45) is 0 Å². The van der Waals surface area contributed by atoms with Crippen molar-refractivity contribution in [2.75, 3.05) is 16.9 Å². The largest absolute Gasteiger partial charge is 0.378 e. The summed E-state index contributed by atoms with van der Waals surface area (Å²) in [6.07, 6.45) is 2.07. The van der Waals surface area contributed by atoms with E-state index in [9.17, 15) is 4.79 Å². The van der Waals surface area contributed by atoms with Gasteiger partial charge in [-0.25, -0.2) is 0 Å². The molecule has 2 aromatic carbocycles. The maximum atomic E-state index is 11.1. The first-order valence-corrected chi connectivity index (χ1v) is 8.09. The zero-order chi connectivity index (χ0) is 15.2. The van der Waals surface area contributed by atoms with Crippen molar-refractivity contribution in [3.8, 4) is 0 Å². The number of carbonyl (C=O) groups excluding carboxylic acids is 1. The van der Waals surface area contributed by atoms with Gasteiger partial charge in [0.15, 0.2) is 0 Å². The van der Waals surface area contributed by atoms with Crippen LogP contribution in [0.1, 0.15) is 25.5 Å². The van der Waals surface area contributed by atoms with Crippen molar-refractivity contribution < 1.29 is 4.79 Å². The molecule has 0 bridgehead atoms. The molecular weight excluding hydrogens is 280 g/mol. The van der Waals surface area contributed by atoms with Gasteiger partial charge in [0, 0.05) is 29.2 Å². The van der Waals surface area contributed by atoms with Gasteiger partial charge in [-0.15, -0.1) is 11.8 Å². The lowest BCUT2D eigenvalue weighted by Gasteiger charge is -2.17. The summed E-state index contributed by atoms with van der Waals surface area (Å²) < 4.78 is 0. The van der Waals surface area contributed by atoms with Crippen molar-refractivity contribution in [1.29, 1.82) is 0 Å². The molecule has 0 radical (unpaired) electrons. The number of hydrogen-bond acceptors (Lipinski definition) is 3. The normalized spacial score (nSPS) is 11.8. The van der Waals surface area contributed by atoms with E-state index in [2.05, 4.69) is 48.1 Å². The minimum atomic E-state index is -0.0622. The Balaban J connectivity index is 2.07. The average Bonchev–Trinajstić information content (AvgIpc) is 2.47. The first-order valence-electron chi connectivity index (χ1n) is 6.86. The van der Waals surface area contributed by atoms with Gasteiger partial charge >= 0.3 is 0 Å². The Kier molecular flexibility index (Phi) is 5.28. The van der Waals surface area contributed by atoms with Gasteiger partial charge in [-0.05, 0) is 49.1 Å². The lowest BCUT2D eigenvalue weighted by molar-refractivity contribution is -0.114. The van der Waals surface area contributed by atoms with Gasteiger partial charge in [0.2, 0.25) is 5.91 Å². The molecule has 1 amide bonds. The molecule has 2 rings (SSSR count). The van der Waals surface area contributed by atoms with Gasteiger partial charge in [0.1, 0.15) is 0 Å². The van der Waals surface area contributed by atoms with Gasteiger partial charge in [-0.3, -0.25) is 4.79 Å². The molecule has 0 fully saturated rings. The van der Waals surface area contributed by atoms with E-state index in [0.717, 1.165) is 11.4 Å². The molecule has 0 aliphatic carbocycles. The predicted molar refractivity (Wildman–Crippen MR) is 91.0 cm³/mol. The molecule has 0 aliphatic rings. The summed E-state index contributed by atoms with van der Waals surface area (Å²) in [5, 5.41) is 6.24. The molecular formula is C17H20N2OS. The van der Waals surface area contributed by atoms with Crippen LogP contribution in [-0.4, -0.2) is 12.2 Å². The lowest BCUT2D eigenvalue weighted by Crippen LogP contribution is -2.08. The quantitative estimate of drug-likeness (QED) is 0.797. The minimum absolute atomic E-state index is 0.0622. The van der Waals surface area contributed by atoms with Crippen molar-refractivity contribution in [3.05, 3.63) is 54.1 Å². The fourth-order valence-corrected chi connectivity index (χ4v) is 2.52. The monoisotopic (exact) mass is 300 g/mol. The Hall–Kier alpha value is -1.94. The molecule has 2 aromatic rings. The fourth-order valence-electron chi connectivity index (χ4n) is 2.12. The number of nitrogens with one attached hydrogen (secondary N) is 2. The number of rotatable bonds is 5. The number of benzene rings is 2. The van der Waals surface area contributed by atoms with Crippen LogP contribution in [0.25, 0.3) is 0 Å². The van der Waals surface area contributed by atoms with Crippen molar-refractivity contribution >= 4 is 29.0 Å². The molecule has 0 heterocycles. The van der Waals surface area contributed by atoms with Crippen LogP contribution < -0.4 is 10.6 Å². The maximum Gasteiger partial charge on any atom is 0.221 e. The van der Waals surface area contributed by atoms with E-state index in [0.29, 0.717) is 0 Å². The van der Waals surface area contributed by atoms with Gasteiger partial charge in [0.25, 0.3) is 0 Å². The van der Waals surface area contributed by atoms with Crippen LogP contribution in [0.15, 0.2) is 53.4 Å². The van der Waals surface area contributed by atoms with E-state index < -0.39 is 0 Å². The summed E-state index contributed by atoms with van der Waals surface area (Å²) in [5.74, 6) is -0.0622. The lowest BCUT2D eigenvalue weighted by atomic mass is 10.1. The summed E-state index contributed by atoms with van der Waals surface area (Å²) in [4.78, 5) is 12.4. The van der Waals surface area contributed by atoms with E-state index in [4.69, 9.17) is 0 Å². The fraction of sp³-hybridized carbons (Fsp3) is 0.235. The number of thioether (sulfide) groups is 1. The number of carbonyl (C=O) groups is 1. The molecule has 3 nitrogen and oxygen atoms in total. The van der Waals surface area contributed by atoms with E-state index in [1.54, 1.807) is 11.8 Å². The Morgan fingerprint density at radius 2 is 1.76 bits per heavy atom. The van der Waals surface area contributed by atoms with Crippen molar-refractivity contribution in [1.82, 2.24) is 0 Å². The second-order valence-electron chi connectivity index (χ2n) is 4.90. The summed E-state index contributed by atoms with van der Waals surface area (Å²) >= 11 is 1.74. The first-order chi connectivity index (χ1) is 10.1. The summed E-state index contributed by atoms with van der Waals surface area (Å²) in [7, 11) is 0. The summed E-state index contributed by atoms with van der Waals surface area (Å²) in [5.41, 5.74) is 3.03. The molecule has 0 saturated heterocycles. The van der Waals surface area contributed by atoms with Crippen LogP contribution in [-0.2, 0) is 4.79 Å². The highest BCUT2D eigenvalue weighted by atomic mass is 32.2. The van der Waals surface area contributed by atoms with Gasteiger partial charge in [0.05, 0.1) is 0 Å². The Labute approximate surface area is 130 Å². The molecule has 21 heavy (non-hydrogen) atoms. The zero-order valence-corrected chi connectivity index (χ0v) is 13.3. The second kappa shape index (κ2) is 7.18. The Bertz CT molecular complexity index is 610. The predicted octanol–water partition coefficient (Wildman–Crippen LogP) is 4.54. The van der Waals surface area contributed by atoms with Gasteiger partial charge < -0.3 is 10.6 Å². The Morgan fingerprint density at radius 3 is 2.38 bits per heavy atom. The first kappa shape index (κ1) is 15.4. The third kappa shape index (κ3) is 4.53. The summed E-state index contributed by atoms with van der Waals surface area (Å²) in [6.45, 7) is 3.63. The molecule has 0 aromatic heterocycles. The smallest absolute Gasteiger partial charge is 0.221 e. The highest BCUT2D eigenvalue weighted by molar-refractivity contribution is 7.98. The topological polar surface area (TPSA) is 41.1 Å². The molecule has 110 valence electrons. The van der Waals surface area contributed by atoms with Crippen LogP contribution in [0.4, 0.5) is 11.4 Å². The van der Waals surface area contributed by atoms with Crippen LogP contribution in [0.3, 0.4) is 0 Å². The number of anilines is 2. The third-order valence-electron chi connectivity index (χ3n) is 3.18. The SMILES string of the molecule is CSc1ccc(C(C)Nc2cccc(NC(C)=O)c2)cc1. The molecule has 1 unspecified atom stereocenters. The van der Waals surface area contributed by atoms with Crippen molar-refractivity contribution in [3.63, 3.8) is 0 Å². The molecule has 1 atom stereocenters. The van der Waals surface area contributed by atoms with Gasteiger partial charge in [-0.1, -0.05) is 18.2 Å². The highest BCUT2D eigenvalue weighted by Gasteiger charge is 2.06. The molecule has 0 spiro atoms. The maximum absolute atomic E-state index is 11.1. The van der Waals surface area contributed by atoms with Crippen LogP contribution >= 0.6 is 11.8 Å². The Morgan fingerprint density at radius 1 is 1.10 bits per heavy atom. The van der Waals surface area contributed by atoms with Crippen LogP contribution in [0.2, 0.25) is 0 Å². The van der Waals surface area contributed by atoms with E-state index in [-0.39, 0.29) is 11.9 Å². The van der Waals surface area contributed by atoms with Crippen LogP contribution in [0, 0.1) is 0 Å². The second-order valence-corrected chi connectivity index (χ2v) is 5.78. The molecule has 0 aliphatic heterocycles.